The van der Waals surface area contributed by atoms with Crippen LogP contribution in [0.5, 0.6) is 5.75 Å². The summed E-state index contributed by atoms with van der Waals surface area (Å²) in [7, 11) is 0. The molecule has 3 amide bonds. The molecule has 1 aliphatic heterocycles. The SMILES string of the molecule is C[C@@]1(CCc2ccc(OC(=O)/C=C/c3ccccc3)cc2)NC(=O)NC1=O. The third-order valence-corrected chi connectivity index (χ3v) is 4.38. The fraction of sp³-hybridized carbons (Fsp3) is 0.190. The summed E-state index contributed by atoms with van der Waals surface area (Å²) in [6, 6.07) is 16.1. The Morgan fingerprint density at radius 2 is 1.78 bits per heavy atom. The van der Waals surface area contributed by atoms with Crippen molar-refractivity contribution < 1.29 is 19.1 Å². The van der Waals surface area contributed by atoms with Crippen LogP contribution in [0.3, 0.4) is 0 Å². The van der Waals surface area contributed by atoms with Crippen molar-refractivity contribution in [2.75, 3.05) is 0 Å². The largest absolute Gasteiger partial charge is 0.423 e. The van der Waals surface area contributed by atoms with Crippen LogP contribution in [-0.4, -0.2) is 23.4 Å². The maximum atomic E-state index is 11.9. The quantitative estimate of drug-likeness (QED) is 0.357. The first-order valence-electron chi connectivity index (χ1n) is 8.62. The van der Waals surface area contributed by atoms with Gasteiger partial charge in [-0.05, 0) is 49.1 Å². The van der Waals surface area contributed by atoms with E-state index in [1.54, 1.807) is 25.1 Å². The van der Waals surface area contributed by atoms with Crippen LogP contribution < -0.4 is 15.4 Å². The van der Waals surface area contributed by atoms with Crippen molar-refractivity contribution in [3.63, 3.8) is 0 Å². The van der Waals surface area contributed by atoms with E-state index in [9.17, 15) is 14.4 Å². The smallest absolute Gasteiger partial charge is 0.336 e. The van der Waals surface area contributed by atoms with Crippen LogP contribution >= 0.6 is 0 Å². The lowest BCUT2D eigenvalue weighted by Gasteiger charge is -2.20. The number of aryl methyl sites for hydroxylation is 1. The molecule has 2 aromatic rings. The summed E-state index contributed by atoms with van der Waals surface area (Å²) < 4.78 is 5.27. The minimum Gasteiger partial charge on any atom is -0.423 e. The molecule has 2 aromatic carbocycles. The van der Waals surface area contributed by atoms with Crippen molar-refractivity contribution in [1.82, 2.24) is 10.6 Å². The number of carbonyl (C=O) groups is 3. The van der Waals surface area contributed by atoms with Crippen LogP contribution in [0.2, 0.25) is 0 Å². The molecule has 0 saturated carbocycles. The predicted octanol–water partition coefficient (Wildman–Crippen LogP) is 2.84. The van der Waals surface area contributed by atoms with E-state index in [1.807, 2.05) is 42.5 Å². The molecule has 27 heavy (non-hydrogen) atoms. The van der Waals surface area contributed by atoms with Gasteiger partial charge in [0, 0.05) is 6.08 Å². The average molecular weight is 364 g/mol. The molecule has 6 nitrogen and oxygen atoms in total. The van der Waals surface area contributed by atoms with E-state index in [2.05, 4.69) is 10.6 Å². The van der Waals surface area contributed by atoms with E-state index in [-0.39, 0.29) is 5.91 Å². The number of amides is 3. The number of esters is 1. The zero-order valence-electron chi connectivity index (χ0n) is 14.9. The van der Waals surface area contributed by atoms with Crippen molar-refractivity contribution in [1.29, 1.82) is 0 Å². The highest BCUT2D eigenvalue weighted by Gasteiger charge is 2.41. The van der Waals surface area contributed by atoms with Crippen molar-refractivity contribution in [3.8, 4) is 5.75 Å². The molecule has 6 heteroatoms. The fourth-order valence-electron chi connectivity index (χ4n) is 2.75. The van der Waals surface area contributed by atoms with Gasteiger partial charge in [0.15, 0.2) is 0 Å². The van der Waals surface area contributed by atoms with Crippen molar-refractivity contribution in [2.24, 2.45) is 0 Å². The van der Waals surface area contributed by atoms with Crippen LogP contribution in [0.25, 0.3) is 6.08 Å². The molecule has 1 fully saturated rings. The Morgan fingerprint density at radius 1 is 1.07 bits per heavy atom. The van der Waals surface area contributed by atoms with Gasteiger partial charge in [-0.15, -0.1) is 0 Å². The number of nitrogens with one attached hydrogen (secondary N) is 2. The van der Waals surface area contributed by atoms with Gasteiger partial charge in [-0.3, -0.25) is 10.1 Å². The molecular formula is C21H20N2O4. The maximum absolute atomic E-state index is 11.9. The molecule has 0 unspecified atom stereocenters. The first kappa shape index (κ1) is 18.4. The highest BCUT2D eigenvalue weighted by molar-refractivity contribution is 6.06. The van der Waals surface area contributed by atoms with E-state index in [4.69, 9.17) is 4.74 Å². The molecule has 2 N–H and O–H groups in total. The Hall–Kier alpha value is -3.41. The fourth-order valence-corrected chi connectivity index (χ4v) is 2.75. The van der Waals surface area contributed by atoms with Gasteiger partial charge in [-0.1, -0.05) is 42.5 Å². The second-order valence-electron chi connectivity index (χ2n) is 6.55. The molecule has 0 spiro atoms. The van der Waals surface area contributed by atoms with Gasteiger partial charge in [-0.2, -0.15) is 0 Å². The third kappa shape index (κ3) is 4.82. The van der Waals surface area contributed by atoms with Gasteiger partial charge in [0.2, 0.25) is 0 Å². The van der Waals surface area contributed by atoms with Gasteiger partial charge in [0.25, 0.3) is 5.91 Å². The molecule has 0 aliphatic carbocycles. The van der Waals surface area contributed by atoms with E-state index >= 15 is 0 Å². The Morgan fingerprint density at radius 3 is 2.41 bits per heavy atom. The summed E-state index contributed by atoms with van der Waals surface area (Å²) in [4.78, 5) is 35.0. The van der Waals surface area contributed by atoms with Crippen molar-refractivity contribution >= 4 is 24.0 Å². The summed E-state index contributed by atoms with van der Waals surface area (Å²) in [6.07, 6.45) is 4.15. The van der Waals surface area contributed by atoms with E-state index in [1.165, 1.54) is 6.08 Å². The summed E-state index contributed by atoms with van der Waals surface area (Å²) in [6.45, 7) is 1.70. The molecule has 0 aromatic heterocycles. The molecule has 0 bridgehead atoms. The van der Waals surface area contributed by atoms with Gasteiger partial charge < -0.3 is 10.1 Å². The summed E-state index contributed by atoms with van der Waals surface area (Å²) in [5.41, 5.74) is 0.996. The highest BCUT2D eigenvalue weighted by Crippen LogP contribution is 2.20. The first-order valence-corrected chi connectivity index (χ1v) is 8.62. The highest BCUT2D eigenvalue weighted by atomic mass is 16.5. The van der Waals surface area contributed by atoms with E-state index < -0.39 is 17.5 Å². The topological polar surface area (TPSA) is 84.5 Å². The average Bonchev–Trinajstić information content (AvgIpc) is 2.92. The zero-order chi connectivity index (χ0) is 19.3. The Bertz CT molecular complexity index is 875. The first-order chi connectivity index (χ1) is 12.9. The van der Waals surface area contributed by atoms with Crippen LogP contribution in [-0.2, 0) is 16.0 Å². The Labute approximate surface area is 157 Å². The van der Waals surface area contributed by atoms with Gasteiger partial charge in [-0.25, -0.2) is 9.59 Å². The lowest BCUT2D eigenvalue weighted by molar-refractivity contribution is -0.129. The molecule has 1 saturated heterocycles. The van der Waals surface area contributed by atoms with Gasteiger partial charge in [0.05, 0.1) is 0 Å². The van der Waals surface area contributed by atoms with Crippen LogP contribution in [0.15, 0.2) is 60.7 Å². The number of ether oxygens (including phenoxy) is 1. The van der Waals surface area contributed by atoms with E-state index in [0.717, 1.165) is 11.1 Å². The van der Waals surface area contributed by atoms with Gasteiger partial charge >= 0.3 is 12.0 Å². The summed E-state index contributed by atoms with van der Waals surface area (Å²) in [5, 5.41) is 4.88. The van der Waals surface area contributed by atoms with E-state index in [0.29, 0.717) is 18.6 Å². The molecule has 1 aliphatic rings. The third-order valence-electron chi connectivity index (χ3n) is 4.38. The number of hydrogen-bond acceptors (Lipinski definition) is 4. The lowest BCUT2D eigenvalue weighted by atomic mass is 9.93. The van der Waals surface area contributed by atoms with Gasteiger partial charge in [0.1, 0.15) is 11.3 Å². The molecule has 1 atom stereocenters. The Balaban J connectivity index is 1.53. The van der Waals surface area contributed by atoms with Crippen molar-refractivity contribution in [3.05, 3.63) is 71.8 Å². The standard InChI is InChI=1S/C21H20N2O4/c1-21(19(25)22-20(26)23-21)14-13-16-7-10-17(11-8-16)27-18(24)12-9-15-5-3-2-4-6-15/h2-12H,13-14H2,1H3,(H2,22,23,25,26)/b12-9+/t21-/m0/s1. The molecule has 3 rings (SSSR count). The Kier molecular flexibility index (Phi) is 5.35. The second-order valence-corrected chi connectivity index (χ2v) is 6.55. The second kappa shape index (κ2) is 7.86. The number of benzene rings is 2. The summed E-state index contributed by atoms with van der Waals surface area (Å²) >= 11 is 0. The number of carbonyl (C=O) groups excluding carboxylic acids is 3. The van der Waals surface area contributed by atoms with Crippen LogP contribution in [0.4, 0.5) is 4.79 Å². The van der Waals surface area contributed by atoms with Crippen molar-refractivity contribution in [2.45, 2.75) is 25.3 Å². The molecule has 1 heterocycles. The number of urea groups is 1. The molecule has 0 radical (unpaired) electrons. The minimum absolute atomic E-state index is 0.316. The predicted molar refractivity (Wildman–Crippen MR) is 101 cm³/mol. The van der Waals surface area contributed by atoms with Crippen LogP contribution in [0, 0.1) is 0 Å². The normalized spacial score (nSPS) is 19.0. The maximum Gasteiger partial charge on any atom is 0.336 e. The molecular weight excluding hydrogens is 344 g/mol. The monoisotopic (exact) mass is 364 g/mol. The number of imide groups is 1. The summed E-state index contributed by atoms with van der Waals surface area (Å²) in [5.74, 6) is -0.327. The minimum atomic E-state index is -0.898. The number of rotatable bonds is 6. The lowest BCUT2D eigenvalue weighted by Crippen LogP contribution is -2.43. The molecule has 138 valence electrons. The van der Waals surface area contributed by atoms with Crippen LogP contribution in [0.1, 0.15) is 24.5 Å². The zero-order valence-corrected chi connectivity index (χ0v) is 14.9. The number of hydrogen-bond donors (Lipinski definition) is 2.